The minimum atomic E-state index is -3.85. The van der Waals surface area contributed by atoms with Gasteiger partial charge in [-0.1, -0.05) is 47.6 Å². The molecule has 2 aromatic heterocycles. The maximum absolute atomic E-state index is 13.8. The van der Waals surface area contributed by atoms with E-state index in [0.717, 1.165) is 11.1 Å². The van der Waals surface area contributed by atoms with E-state index in [1.807, 2.05) is 19.9 Å². The molecule has 7 nitrogen and oxygen atoms in total. The smallest absolute Gasteiger partial charge is 0.224 e. The summed E-state index contributed by atoms with van der Waals surface area (Å²) in [5, 5.41) is 13.7. The van der Waals surface area contributed by atoms with Crippen LogP contribution in [0.2, 0.25) is 0 Å². The van der Waals surface area contributed by atoms with Crippen molar-refractivity contribution < 1.29 is 8.42 Å². The molecule has 0 aliphatic heterocycles. The second-order valence-corrected chi connectivity index (χ2v) is 9.92. The van der Waals surface area contributed by atoms with Gasteiger partial charge in [-0.2, -0.15) is 5.21 Å². The normalized spacial score (nSPS) is 12.3. The number of rotatable bonds is 6. The van der Waals surface area contributed by atoms with Gasteiger partial charge in [-0.15, -0.1) is 10.2 Å². The Morgan fingerprint density at radius 3 is 2.10 bits per heavy atom. The lowest BCUT2D eigenvalue weighted by atomic mass is 9.83. The molecule has 0 atom stereocenters. The molecule has 3 rings (SSSR count). The number of tetrazole rings is 1. The number of aromatic amines is 1. The van der Waals surface area contributed by atoms with E-state index in [-0.39, 0.29) is 28.2 Å². The van der Waals surface area contributed by atoms with Crippen molar-refractivity contribution in [3.05, 3.63) is 47.2 Å². The largest absolute Gasteiger partial charge is 0.251 e. The summed E-state index contributed by atoms with van der Waals surface area (Å²) < 4.78 is 27.6. The maximum Gasteiger partial charge on any atom is 0.224 e. The van der Waals surface area contributed by atoms with Crippen molar-refractivity contribution in [3.8, 4) is 11.5 Å². The van der Waals surface area contributed by atoms with Crippen LogP contribution in [-0.4, -0.2) is 34.0 Å². The third-order valence-corrected chi connectivity index (χ3v) is 6.81. The molecule has 2 heterocycles. The first-order valence-corrected chi connectivity index (χ1v) is 11.2. The number of H-pyrrole nitrogens is 1. The van der Waals surface area contributed by atoms with Crippen LogP contribution in [0.25, 0.3) is 11.5 Å². The van der Waals surface area contributed by atoms with Gasteiger partial charge in [-0.3, -0.25) is 4.98 Å². The second-order valence-electron chi connectivity index (χ2n) is 8.03. The molecule has 0 amide bonds. The SMILES string of the molecule is CC(C)c1ccc(S(=O)(=O)c2cccnc2-c2nn[nH]n2)c(C(C)C)c1C(C)C. The molecule has 8 heteroatoms. The summed E-state index contributed by atoms with van der Waals surface area (Å²) in [7, 11) is -3.85. The number of sulfone groups is 1. The van der Waals surface area contributed by atoms with Gasteiger partial charge in [-0.05, 0) is 57.9 Å². The zero-order valence-corrected chi connectivity index (χ0v) is 18.4. The van der Waals surface area contributed by atoms with E-state index in [9.17, 15) is 8.42 Å². The molecule has 29 heavy (non-hydrogen) atoms. The van der Waals surface area contributed by atoms with Gasteiger partial charge in [0.1, 0.15) is 10.6 Å². The minimum Gasteiger partial charge on any atom is -0.251 e. The summed E-state index contributed by atoms with van der Waals surface area (Å²) in [4.78, 5) is 4.62. The molecular weight excluding hydrogens is 386 g/mol. The van der Waals surface area contributed by atoms with Crippen LogP contribution < -0.4 is 0 Å². The van der Waals surface area contributed by atoms with Gasteiger partial charge in [0.15, 0.2) is 0 Å². The van der Waals surface area contributed by atoms with Gasteiger partial charge in [-0.25, -0.2) is 8.42 Å². The standard InChI is InChI=1S/C21H27N5O2S/c1-12(2)15-9-10-16(19(14(5)6)18(15)13(3)4)29(27,28)17-8-7-11-22-20(17)21-23-25-26-24-21/h7-14H,1-6H3,(H,23,24,25,26). The van der Waals surface area contributed by atoms with Crippen molar-refractivity contribution in [2.45, 2.75) is 69.1 Å². The van der Waals surface area contributed by atoms with E-state index in [2.05, 4.69) is 53.3 Å². The summed E-state index contributed by atoms with van der Waals surface area (Å²) in [5.41, 5.74) is 3.36. The topological polar surface area (TPSA) is 101 Å². The second kappa shape index (κ2) is 8.02. The molecule has 3 aromatic rings. The van der Waals surface area contributed by atoms with Crippen molar-refractivity contribution in [1.29, 1.82) is 0 Å². The third-order valence-electron chi connectivity index (χ3n) is 4.96. The predicted molar refractivity (Wildman–Crippen MR) is 112 cm³/mol. The lowest BCUT2D eigenvalue weighted by molar-refractivity contribution is 0.592. The van der Waals surface area contributed by atoms with Crippen LogP contribution in [0.15, 0.2) is 40.3 Å². The van der Waals surface area contributed by atoms with E-state index >= 15 is 0 Å². The van der Waals surface area contributed by atoms with Crippen LogP contribution in [0.5, 0.6) is 0 Å². The first kappa shape index (κ1) is 21.1. The summed E-state index contributed by atoms with van der Waals surface area (Å²) in [5.74, 6) is 0.694. The Labute approximate surface area is 171 Å². The van der Waals surface area contributed by atoms with Gasteiger partial charge < -0.3 is 0 Å². The zero-order chi connectivity index (χ0) is 21.3. The minimum absolute atomic E-state index is 0.0428. The number of hydrogen-bond acceptors (Lipinski definition) is 6. The molecule has 0 aliphatic carbocycles. The van der Waals surface area contributed by atoms with Crippen molar-refractivity contribution in [1.82, 2.24) is 25.6 Å². The number of benzene rings is 1. The lowest BCUT2D eigenvalue weighted by Crippen LogP contribution is -2.14. The lowest BCUT2D eigenvalue weighted by Gasteiger charge is -2.25. The highest BCUT2D eigenvalue weighted by molar-refractivity contribution is 7.91. The average Bonchev–Trinajstić information content (AvgIpc) is 3.21. The molecule has 0 bridgehead atoms. The van der Waals surface area contributed by atoms with E-state index in [1.165, 1.54) is 11.8 Å². The number of hydrogen-bond donors (Lipinski definition) is 1. The first-order valence-electron chi connectivity index (χ1n) is 9.76. The van der Waals surface area contributed by atoms with Crippen LogP contribution in [0, 0.1) is 0 Å². The molecule has 0 fully saturated rings. The Bertz CT molecular complexity index is 1100. The average molecular weight is 414 g/mol. The summed E-state index contributed by atoms with van der Waals surface area (Å²) in [6, 6.07) is 6.84. The van der Waals surface area contributed by atoms with Gasteiger partial charge in [0, 0.05) is 6.20 Å². The molecule has 0 radical (unpaired) electrons. The van der Waals surface area contributed by atoms with Crippen LogP contribution in [0.1, 0.15) is 76.0 Å². The Kier molecular flexibility index (Phi) is 5.84. The van der Waals surface area contributed by atoms with Gasteiger partial charge in [0.05, 0.1) is 4.90 Å². The highest BCUT2D eigenvalue weighted by Crippen LogP contribution is 2.40. The fourth-order valence-electron chi connectivity index (χ4n) is 3.77. The molecular formula is C21H27N5O2S. The monoisotopic (exact) mass is 413 g/mol. The highest BCUT2D eigenvalue weighted by atomic mass is 32.2. The highest BCUT2D eigenvalue weighted by Gasteiger charge is 2.30. The maximum atomic E-state index is 13.8. The number of aromatic nitrogens is 5. The molecule has 0 saturated heterocycles. The fourth-order valence-corrected chi connectivity index (χ4v) is 5.54. The van der Waals surface area contributed by atoms with E-state index in [1.54, 1.807) is 18.2 Å². The Hall–Kier alpha value is -2.61. The van der Waals surface area contributed by atoms with Crippen LogP contribution in [-0.2, 0) is 9.84 Å². The fraction of sp³-hybridized carbons (Fsp3) is 0.429. The quantitative estimate of drug-likeness (QED) is 0.640. The molecule has 1 N–H and O–H groups in total. The van der Waals surface area contributed by atoms with E-state index < -0.39 is 9.84 Å². The Morgan fingerprint density at radius 2 is 1.55 bits per heavy atom. The number of nitrogens with one attached hydrogen (secondary N) is 1. The molecule has 154 valence electrons. The molecule has 0 saturated carbocycles. The Balaban J connectivity index is 2.33. The van der Waals surface area contributed by atoms with Gasteiger partial charge in [0.25, 0.3) is 0 Å². The van der Waals surface area contributed by atoms with Crippen LogP contribution in [0.3, 0.4) is 0 Å². The third kappa shape index (κ3) is 3.81. The summed E-state index contributed by atoms with van der Waals surface area (Å²) >= 11 is 0. The Morgan fingerprint density at radius 1 is 0.862 bits per heavy atom. The molecule has 1 aromatic carbocycles. The van der Waals surface area contributed by atoms with Crippen molar-refractivity contribution >= 4 is 9.84 Å². The number of nitrogens with zero attached hydrogens (tertiary/aromatic N) is 4. The van der Waals surface area contributed by atoms with Gasteiger partial charge >= 0.3 is 0 Å². The van der Waals surface area contributed by atoms with Crippen molar-refractivity contribution in [2.75, 3.05) is 0 Å². The van der Waals surface area contributed by atoms with E-state index in [4.69, 9.17) is 0 Å². The first-order chi connectivity index (χ1) is 13.7. The molecule has 0 spiro atoms. The predicted octanol–water partition coefficient (Wildman–Crippen LogP) is 4.46. The van der Waals surface area contributed by atoms with Crippen LogP contribution >= 0.6 is 0 Å². The summed E-state index contributed by atoms with van der Waals surface area (Å²) in [6.07, 6.45) is 1.52. The van der Waals surface area contributed by atoms with E-state index in [0.29, 0.717) is 10.8 Å². The number of pyridine rings is 1. The summed E-state index contributed by atoms with van der Waals surface area (Å²) in [6.45, 7) is 12.6. The van der Waals surface area contributed by atoms with Gasteiger partial charge in [0.2, 0.25) is 15.7 Å². The van der Waals surface area contributed by atoms with Crippen LogP contribution in [0.4, 0.5) is 0 Å². The van der Waals surface area contributed by atoms with Crippen molar-refractivity contribution in [2.24, 2.45) is 0 Å². The molecule has 0 unspecified atom stereocenters. The molecule has 0 aliphatic rings. The zero-order valence-electron chi connectivity index (χ0n) is 17.6. The van der Waals surface area contributed by atoms with Crippen molar-refractivity contribution in [3.63, 3.8) is 0 Å².